The fourth-order valence-corrected chi connectivity index (χ4v) is 2.29. The summed E-state index contributed by atoms with van der Waals surface area (Å²) >= 11 is 0. The van der Waals surface area contributed by atoms with Gasteiger partial charge in [0.2, 0.25) is 5.95 Å². The first kappa shape index (κ1) is 14.1. The van der Waals surface area contributed by atoms with E-state index in [1.165, 1.54) is 18.2 Å². The van der Waals surface area contributed by atoms with Crippen LogP contribution >= 0.6 is 0 Å². The molecule has 8 nitrogen and oxygen atoms in total. The molecule has 0 spiro atoms. The van der Waals surface area contributed by atoms with Gasteiger partial charge >= 0.3 is 0 Å². The number of nitrogens with one attached hydrogen (secondary N) is 3. The largest absolute Gasteiger partial charge is 0.364 e. The molecule has 0 radical (unpaired) electrons. The number of hydrogen-bond donors (Lipinski definition) is 3. The Bertz CT molecular complexity index is 936. The quantitative estimate of drug-likeness (QED) is 0.519. The minimum absolute atomic E-state index is 0.548. The van der Waals surface area contributed by atoms with Crippen LogP contribution in [0, 0.1) is 0 Å². The molecule has 1 aromatic carbocycles. The van der Waals surface area contributed by atoms with Crippen molar-refractivity contribution in [2.24, 2.45) is 0 Å². The van der Waals surface area contributed by atoms with E-state index < -0.39 is 0 Å². The number of hydrogen-bond acceptors (Lipinski definition) is 7. The Balaban J connectivity index is 1.58. The lowest BCUT2D eigenvalue weighted by molar-refractivity contribution is 1.10. The van der Waals surface area contributed by atoms with Crippen molar-refractivity contribution >= 4 is 28.7 Å². The molecule has 0 saturated carbocycles. The van der Waals surface area contributed by atoms with E-state index in [4.69, 9.17) is 0 Å². The summed E-state index contributed by atoms with van der Waals surface area (Å²) in [4.78, 5) is 24.1. The lowest BCUT2D eigenvalue weighted by Gasteiger charge is -2.05. The molecule has 0 saturated heterocycles. The molecule has 3 heterocycles. The lowest BCUT2D eigenvalue weighted by Crippen LogP contribution is -2.02. The highest BCUT2D eigenvalue weighted by atomic mass is 15.2. The standard InChI is InChI=1S/C16H14N8/c1-2-4-11(5-3-1)8-18-14-13-15(21-10-20-14)24-16(23-13)22-12-6-7-17-9-19-12/h1-7,9-10H,8H2,(H3,17,18,19,20,21,22,23,24). The van der Waals surface area contributed by atoms with Crippen LogP contribution in [0.1, 0.15) is 5.56 Å². The summed E-state index contributed by atoms with van der Waals surface area (Å²) < 4.78 is 0. The van der Waals surface area contributed by atoms with E-state index in [9.17, 15) is 0 Å². The van der Waals surface area contributed by atoms with Crippen LogP contribution in [-0.4, -0.2) is 29.9 Å². The highest BCUT2D eigenvalue weighted by molar-refractivity contribution is 5.84. The Hall–Kier alpha value is -3.55. The fourth-order valence-electron chi connectivity index (χ4n) is 2.29. The van der Waals surface area contributed by atoms with Gasteiger partial charge < -0.3 is 15.6 Å². The highest BCUT2D eigenvalue weighted by Gasteiger charge is 2.10. The molecule has 118 valence electrons. The van der Waals surface area contributed by atoms with E-state index in [2.05, 4.69) is 52.7 Å². The molecule has 0 aliphatic carbocycles. The molecule has 0 unspecified atom stereocenters. The minimum Gasteiger partial charge on any atom is -0.364 e. The molecule has 24 heavy (non-hydrogen) atoms. The molecule has 0 bridgehead atoms. The van der Waals surface area contributed by atoms with Crippen LogP contribution < -0.4 is 10.6 Å². The monoisotopic (exact) mass is 318 g/mol. The van der Waals surface area contributed by atoms with Gasteiger partial charge in [0, 0.05) is 12.7 Å². The van der Waals surface area contributed by atoms with Crippen LogP contribution in [0.25, 0.3) is 11.2 Å². The van der Waals surface area contributed by atoms with Crippen LogP contribution in [0.15, 0.2) is 55.2 Å². The van der Waals surface area contributed by atoms with E-state index in [0.717, 1.165) is 5.52 Å². The molecule has 3 N–H and O–H groups in total. The van der Waals surface area contributed by atoms with Gasteiger partial charge in [-0.05, 0) is 11.6 Å². The molecule has 4 rings (SSSR count). The number of imidazole rings is 1. The average Bonchev–Trinajstić information content (AvgIpc) is 3.04. The van der Waals surface area contributed by atoms with Gasteiger partial charge in [-0.25, -0.2) is 19.9 Å². The zero-order valence-electron chi connectivity index (χ0n) is 12.6. The number of aromatic nitrogens is 6. The predicted molar refractivity (Wildman–Crippen MR) is 90.8 cm³/mol. The van der Waals surface area contributed by atoms with E-state index in [0.29, 0.717) is 29.8 Å². The summed E-state index contributed by atoms with van der Waals surface area (Å²) in [6.07, 6.45) is 4.62. The number of rotatable bonds is 5. The second-order valence-corrected chi connectivity index (χ2v) is 5.07. The Morgan fingerprint density at radius 3 is 2.71 bits per heavy atom. The van der Waals surface area contributed by atoms with Gasteiger partial charge in [0.05, 0.1) is 0 Å². The van der Waals surface area contributed by atoms with Crippen molar-refractivity contribution in [2.45, 2.75) is 6.54 Å². The van der Waals surface area contributed by atoms with Crippen molar-refractivity contribution in [3.05, 3.63) is 60.8 Å². The Labute approximate surface area is 137 Å². The lowest BCUT2D eigenvalue weighted by atomic mass is 10.2. The molecule has 0 atom stereocenters. The summed E-state index contributed by atoms with van der Waals surface area (Å²) in [6, 6.07) is 11.9. The van der Waals surface area contributed by atoms with Crippen molar-refractivity contribution in [3.63, 3.8) is 0 Å². The summed E-state index contributed by atoms with van der Waals surface area (Å²) in [5.74, 6) is 1.90. The van der Waals surface area contributed by atoms with Crippen LogP contribution in [0.2, 0.25) is 0 Å². The maximum absolute atomic E-state index is 4.41. The van der Waals surface area contributed by atoms with Gasteiger partial charge in [-0.15, -0.1) is 0 Å². The summed E-state index contributed by atoms with van der Waals surface area (Å²) in [5.41, 5.74) is 2.49. The molecule has 4 aromatic rings. The topological polar surface area (TPSA) is 104 Å². The molecule has 8 heteroatoms. The SMILES string of the molecule is c1ccc(CNc2ncnc3nc(Nc4ccncn4)[nH]c23)cc1. The zero-order chi connectivity index (χ0) is 16.2. The molecular weight excluding hydrogens is 304 g/mol. The number of nitrogens with zero attached hydrogens (tertiary/aromatic N) is 5. The van der Waals surface area contributed by atoms with Gasteiger partial charge in [-0.3, -0.25) is 0 Å². The molecular formula is C16H14N8. The molecule has 0 amide bonds. The van der Waals surface area contributed by atoms with E-state index in [1.54, 1.807) is 12.3 Å². The summed E-state index contributed by atoms with van der Waals surface area (Å²) in [5, 5.41) is 6.39. The van der Waals surface area contributed by atoms with Crippen molar-refractivity contribution in [1.29, 1.82) is 0 Å². The highest BCUT2D eigenvalue weighted by Crippen LogP contribution is 2.20. The van der Waals surface area contributed by atoms with Crippen molar-refractivity contribution in [3.8, 4) is 0 Å². The van der Waals surface area contributed by atoms with E-state index in [-0.39, 0.29) is 0 Å². The maximum atomic E-state index is 4.41. The number of H-pyrrole nitrogens is 1. The second-order valence-electron chi connectivity index (χ2n) is 5.07. The Kier molecular flexibility index (Phi) is 3.69. The second kappa shape index (κ2) is 6.29. The number of fused-ring (bicyclic) bond motifs is 1. The average molecular weight is 318 g/mol. The maximum Gasteiger partial charge on any atom is 0.208 e. The molecule has 3 aromatic heterocycles. The van der Waals surface area contributed by atoms with Crippen LogP contribution in [0.5, 0.6) is 0 Å². The summed E-state index contributed by atoms with van der Waals surface area (Å²) in [6.45, 7) is 0.667. The smallest absolute Gasteiger partial charge is 0.208 e. The first-order chi connectivity index (χ1) is 11.9. The van der Waals surface area contributed by atoms with Gasteiger partial charge in [0.1, 0.15) is 24.0 Å². The van der Waals surface area contributed by atoms with Crippen LogP contribution in [-0.2, 0) is 6.54 Å². The number of aromatic amines is 1. The number of anilines is 3. The Morgan fingerprint density at radius 2 is 1.88 bits per heavy atom. The van der Waals surface area contributed by atoms with E-state index >= 15 is 0 Å². The van der Waals surface area contributed by atoms with Crippen molar-refractivity contribution < 1.29 is 0 Å². The third-order valence-electron chi connectivity index (χ3n) is 3.42. The van der Waals surface area contributed by atoms with Crippen LogP contribution in [0.4, 0.5) is 17.6 Å². The van der Waals surface area contributed by atoms with E-state index in [1.807, 2.05) is 18.2 Å². The van der Waals surface area contributed by atoms with Crippen molar-refractivity contribution in [1.82, 2.24) is 29.9 Å². The third kappa shape index (κ3) is 2.98. The van der Waals surface area contributed by atoms with Gasteiger partial charge in [-0.2, -0.15) is 4.98 Å². The minimum atomic E-state index is 0.548. The zero-order valence-corrected chi connectivity index (χ0v) is 12.6. The number of benzene rings is 1. The van der Waals surface area contributed by atoms with Gasteiger partial charge in [0.25, 0.3) is 0 Å². The predicted octanol–water partition coefficient (Wildman–Crippen LogP) is 2.50. The Morgan fingerprint density at radius 1 is 0.958 bits per heavy atom. The fraction of sp³-hybridized carbons (Fsp3) is 0.0625. The van der Waals surface area contributed by atoms with Gasteiger partial charge in [-0.1, -0.05) is 30.3 Å². The molecule has 0 fully saturated rings. The normalized spacial score (nSPS) is 10.7. The first-order valence-electron chi connectivity index (χ1n) is 7.40. The molecule has 0 aliphatic rings. The van der Waals surface area contributed by atoms with Crippen LogP contribution in [0.3, 0.4) is 0 Å². The van der Waals surface area contributed by atoms with Crippen molar-refractivity contribution in [2.75, 3.05) is 10.6 Å². The van der Waals surface area contributed by atoms with Gasteiger partial charge in [0.15, 0.2) is 11.5 Å². The molecule has 0 aliphatic heterocycles. The summed E-state index contributed by atoms with van der Waals surface area (Å²) in [7, 11) is 0. The first-order valence-corrected chi connectivity index (χ1v) is 7.40. The third-order valence-corrected chi connectivity index (χ3v) is 3.42.